The van der Waals surface area contributed by atoms with E-state index in [9.17, 15) is 9.59 Å². The number of likely N-dealkylation sites (tertiary alicyclic amines) is 1. The summed E-state index contributed by atoms with van der Waals surface area (Å²) in [6.07, 6.45) is 5.45. The number of rotatable bonds is 5. The Hall–Kier alpha value is -2.56. The van der Waals surface area contributed by atoms with Crippen LogP contribution in [0.15, 0.2) is 30.6 Å². The summed E-state index contributed by atoms with van der Waals surface area (Å²) >= 11 is 2.97. The maximum absolute atomic E-state index is 12.7. The number of nitrogens with zero attached hydrogens (tertiary/aromatic N) is 3. The third-order valence-electron chi connectivity index (χ3n) is 5.25. The van der Waals surface area contributed by atoms with Gasteiger partial charge in [0.2, 0.25) is 5.91 Å². The smallest absolute Gasteiger partial charge is 0.264 e. The summed E-state index contributed by atoms with van der Waals surface area (Å²) in [4.78, 5) is 33.0. The highest BCUT2D eigenvalue weighted by Gasteiger charge is 2.35. The monoisotopic (exact) mass is 428 g/mol. The Balaban J connectivity index is 1.17. The molecule has 0 bridgehead atoms. The summed E-state index contributed by atoms with van der Waals surface area (Å²) in [6.45, 7) is 2.21. The van der Waals surface area contributed by atoms with Crippen molar-refractivity contribution >= 4 is 39.5 Å². The van der Waals surface area contributed by atoms with Crippen LogP contribution in [0.4, 0.5) is 5.00 Å². The number of amides is 2. The molecule has 10 heteroatoms. The van der Waals surface area contributed by atoms with Crippen molar-refractivity contribution in [3.05, 3.63) is 40.5 Å². The number of thiophene rings is 1. The van der Waals surface area contributed by atoms with Gasteiger partial charge in [-0.2, -0.15) is 5.10 Å². The third-order valence-corrected chi connectivity index (χ3v) is 7.43. The number of aromatic nitrogens is 3. The Labute approximate surface area is 175 Å². The average molecular weight is 429 g/mol. The molecule has 0 unspecified atom stereocenters. The lowest BCUT2D eigenvalue weighted by atomic mass is 10.0. The molecule has 2 aliphatic rings. The molecule has 2 fully saturated rings. The number of anilines is 1. The normalized spacial score (nSPS) is 19.3. The maximum atomic E-state index is 12.7. The largest absolute Gasteiger partial charge is 0.336 e. The molecular formula is C19H20N6O2S2. The highest BCUT2D eigenvalue weighted by atomic mass is 32.1. The highest BCUT2D eigenvalue weighted by Crippen LogP contribution is 2.35. The van der Waals surface area contributed by atoms with Crippen LogP contribution in [0.1, 0.15) is 33.4 Å². The third kappa shape index (κ3) is 3.70. The van der Waals surface area contributed by atoms with Gasteiger partial charge in [0, 0.05) is 31.4 Å². The molecule has 0 aromatic carbocycles. The van der Waals surface area contributed by atoms with Crippen LogP contribution >= 0.6 is 22.7 Å². The molecule has 3 aromatic heterocycles. The second kappa shape index (κ2) is 7.69. The van der Waals surface area contributed by atoms with Crippen molar-refractivity contribution in [2.75, 3.05) is 25.0 Å². The molecule has 150 valence electrons. The first-order valence-corrected chi connectivity index (χ1v) is 11.2. The fraction of sp³-hybridized carbons (Fsp3) is 0.368. The lowest BCUT2D eigenvalue weighted by Gasteiger charge is -2.37. The van der Waals surface area contributed by atoms with Gasteiger partial charge in [-0.15, -0.1) is 22.7 Å². The maximum Gasteiger partial charge on any atom is 0.264 e. The van der Waals surface area contributed by atoms with E-state index in [0.29, 0.717) is 23.0 Å². The summed E-state index contributed by atoms with van der Waals surface area (Å²) in [7, 11) is 0. The molecule has 2 saturated heterocycles. The van der Waals surface area contributed by atoms with E-state index in [-0.39, 0.29) is 23.8 Å². The van der Waals surface area contributed by atoms with Gasteiger partial charge in [-0.05, 0) is 37.6 Å². The van der Waals surface area contributed by atoms with Crippen molar-refractivity contribution in [3.8, 4) is 10.6 Å². The summed E-state index contributed by atoms with van der Waals surface area (Å²) in [6, 6.07) is 5.39. The van der Waals surface area contributed by atoms with E-state index in [0.717, 1.165) is 35.0 Å². The van der Waals surface area contributed by atoms with Gasteiger partial charge in [0.25, 0.3) is 5.91 Å². The Morgan fingerprint density at radius 1 is 1.21 bits per heavy atom. The number of H-pyrrole nitrogens is 1. The molecule has 0 radical (unpaired) electrons. The van der Waals surface area contributed by atoms with Gasteiger partial charge in [0.05, 0.1) is 31.5 Å². The summed E-state index contributed by atoms with van der Waals surface area (Å²) < 4.78 is 0. The number of carbonyl (C=O) groups excluding carboxylic acids is 2. The van der Waals surface area contributed by atoms with Crippen molar-refractivity contribution in [2.24, 2.45) is 0 Å². The number of nitrogens with one attached hydrogen (secondary N) is 3. The first-order valence-electron chi connectivity index (χ1n) is 9.56. The second-order valence-electron chi connectivity index (χ2n) is 7.24. The predicted molar refractivity (Wildman–Crippen MR) is 112 cm³/mol. The molecule has 5 heterocycles. The van der Waals surface area contributed by atoms with E-state index in [1.807, 2.05) is 17.2 Å². The number of thiazole rings is 1. The van der Waals surface area contributed by atoms with Crippen LogP contribution < -0.4 is 10.6 Å². The van der Waals surface area contributed by atoms with Gasteiger partial charge in [-0.1, -0.05) is 0 Å². The topological polar surface area (TPSA) is 103 Å². The molecule has 3 aromatic rings. The van der Waals surface area contributed by atoms with Crippen LogP contribution in [0.2, 0.25) is 0 Å². The Kier molecular flexibility index (Phi) is 4.90. The molecule has 2 aliphatic heterocycles. The first-order chi connectivity index (χ1) is 14.2. The van der Waals surface area contributed by atoms with Gasteiger partial charge in [-0.25, -0.2) is 4.98 Å². The van der Waals surface area contributed by atoms with Crippen LogP contribution in [0.5, 0.6) is 0 Å². The minimum atomic E-state index is -0.127. The van der Waals surface area contributed by atoms with E-state index >= 15 is 0 Å². The zero-order valence-corrected chi connectivity index (χ0v) is 17.2. The number of hydrogen-bond acceptors (Lipinski definition) is 7. The molecule has 0 aliphatic carbocycles. The van der Waals surface area contributed by atoms with Crippen molar-refractivity contribution in [1.82, 2.24) is 25.4 Å². The van der Waals surface area contributed by atoms with Gasteiger partial charge in [-0.3, -0.25) is 14.7 Å². The zero-order valence-electron chi connectivity index (χ0n) is 15.6. The summed E-state index contributed by atoms with van der Waals surface area (Å²) in [5, 5.41) is 14.8. The Bertz CT molecular complexity index is 1020. The van der Waals surface area contributed by atoms with Crippen LogP contribution in [0, 0.1) is 0 Å². The van der Waals surface area contributed by atoms with Gasteiger partial charge in [0.15, 0.2) is 0 Å². The Morgan fingerprint density at radius 3 is 2.86 bits per heavy atom. The van der Waals surface area contributed by atoms with E-state index in [1.165, 1.54) is 11.3 Å². The number of aromatic amines is 1. The first kappa shape index (κ1) is 18.5. The number of carbonyl (C=O) groups is 2. The fourth-order valence-corrected chi connectivity index (χ4v) is 5.44. The molecule has 1 atom stereocenters. The van der Waals surface area contributed by atoms with Crippen molar-refractivity contribution < 1.29 is 9.59 Å². The summed E-state index contributed by atoms with van der Waals surface area (Å²) in [5.74, 6) is 0.258. The molecule has 0 spiro atoms. The van der Waals surface area contributed by atoms with E-state index in [1.54, 1.807) is 29.7 Å². The lowest BCUT2D eigenvalue weighted by Crippen LogP contribution is -2.48. The van der Waals surface area contributed by atoms with Crippen molar-refractivity contribution in [3.63, 3.8) is 0 Å². The van der Waals surface area contributed by atoms with Crippen LogP contribution in [0.3, 0.4) is 0 Å². The van der Waals surface area contributed by atoms with E-state index in [4.69, 9.17) is 0 Å². The minimum Gasteiger partial charge on any atom is -0.336 e. The van der Waals surface area contributed by atoms with Crippen LogP contribution in [0.25, 0.3) is 10.6 Å². The second-order valence-corrected chi connectivity index (χ2v) is 9.39. The van der Waals surface area contributed by atoms with E-state index < -0.39 is 0 Å². The molecule has 29 heavy (non-hydrogen) atoms. The molecule has 8 nitrogen and oxygen atoms in total. The predicted octanol–water partition coefficient (Wildman–Crippen LogP) is 2.52. The SMILES string of the molecule is O=C(Nc1ccc(C(=O)N2CC(c3ncc(-c4ccn[nH]4)s3)C2)s1)[C@@H]1CCCN1. The van der Waals surface area contributed by atoms with Crippen LogP contribution in [-0.4, -0.2) is 57.6 Å². The van der Waals surface area contributed by atoms with Gasteiger partial charge < -0.3 is 15.5 Å². The minimum absolute atomic E-state index is 0.0103. The van der Waals surface area contributed by atoms with Crippen molar-refractivity contribution in [1.29, 1.82) is 0 Å². The standard InChI is InChI=1S/C19H20N6O2S2/c26-17(13-2-1-6-20-13)23-16-4-3-14(28-16)19(27)25-9-11(10-25)18-21-8-15(29-18)12-5-7-22-24-12/h3-5,7-8,11,13,20H,1-2,6,9-10H2,(H,22,24)(H,23,26)/t13-/m0/s1. The van der Waals surface area contributed by atoms with E-state index in [2.05, 4.69) is 25.8 Å². The molecule has 0 saturated carbocycles. The van der Waals surface area contributed by atoms with Gasteiger partial charge >= 0.3 is 0 Å². The Morgan fingerprint density at radius 2 is 2.10 bits per heavy atom. The molecule has 2 amide bonds. The highest BCUT2D eigenvalue weighted by molar-refractivity contribution is 7.18. The van der Waals surface area contributed by atoms with Crippen molar-refractivity contribution in [2.45, 2.75) is 24.8 Å². The summed E-state index contributed by atoms with van der Waals surface area (Å²) in [5.41, 5.74) is 0.960. The van der Waals surface area contributed by atoms with Gasteiger partial charge in [0.1, 0.15) is 0 Å². The van der Waals surface area contributed by atoms with Crippen LogP contribution in [-0.2, 0) is 4.79 Å². The lowest BCUT2D eigenvalue weighted by molar-refractivity contribution is -0.117. The molecule has 5 rings (SSSR count). The molecular weight excluding hydrogens is 408 g/mol. The number of hydrogen-bond donors (Lipinski definition) is 3. The zero-order chi connectivity index (χ0) is 19.8. The average Bonchev–Trinajstić information content (AvgIpc) is 3.47. The fourth-order valence-electron chi connectivity index (χ4n) is 3.59. The molecule has 3 N–H and O–H groups in total. The quantitative estimate of drug-likeness (QED) is 0.579.